The lowest BCUT2D eigenvalue weighted by molar-refractivity contribution is 0.747. The molecule has 1 aromatic heterocycles. The van der Waals surface area contributed by atoms with Gasteiger partial charge in [-0.05, 0) is 36.0 Å². The molecule has 0 saturated heterocycles. The summed E-state index contributed by atoms with van der Waals surface area (Å²) in [5.74, 6) is 2.10. The second-order valence-corrected chi connectivity index (χ2v) is 7.52. The van der Waals surface area contributed by atoms with E-state index >= 15 is 0 Å². The lowest BCUT2D eigenvalue weighted by atomic mass is 10.5. The highest BCUT2D eigenvalue weighted by molar-refractivity contribution is 7.97. The highest BCUT2D eigenvalue weighted by Crippen LogP contribution is 2.27. The van der Waals surface area contributed by atoms with Gasteiger partial charge in [0.05, 0.1) is 38.9 Å². The van der Waals surface area contributed by atoms with Crippen LogP contribution in [0.3, 0.4) is 0 Å². The van der Waals surface area contributed by atoms with Crippen molar-refractivity contribution in [2.75, 3.05) is 26.2 Å². The molecule has 0 bridgehead atoms. The summed E-state index contributed by atoms with van der Waals surface area (Å²) in [5.41, 5.74) is 0. The fraction of sp³-hybridized carbons (Fsp3) is 0.500. The number of nitrogens with zero attached hydrogens (tertiary/aromatic N) is 4. The molecule has 7 heteroatoms. The molecule has 0 radical (unpaired) electrons. The minimum Gasteiger partial charge on any atom is -0.305 e. The first-order valence-corrected chi connectivity index (χ1v) is 8.97. The molecule has 0 unspecified atom stereocenters. The second-order valence-electron chi connectivity index (χ2n) is 4.24. The van der Waals surface area contributed by atoms with Gasteiger partial charge in [-0.3, -0.25) is 9.98 Å². The Hall–Kier alpha value is -0.660. The van der Waals surface area contributed by atoms with Gasteiger partial charge in [0.25, 0.3) is 0 Å². The van der Waals surface area contributed by atoms with E-state index in [4.69, 9.17) is 0 Å². The van der Waals surface area contributed by atoms with Crippen molar-refractivity contribution < 1.29 is 0 Å². The number of thiophene rings is 1. The van der Waals surface area contributed by atoms with E-state index in [1.807, 2.05) is 47.9 Å². The smallest absolute Gasteiger partial charge is 0.0950 e. The molecule has 1 aromatic rings. The highest BCUT2D eigenvalue weighted by Gasteiger charge is 2.09. The van der Waals surface area contributed by atoms with Crippen molar-refractivity contribution in [2.45, 2.75) is 11.5 Å². The third-order valence-corrected chi connectivity index (χ3v) is 6.33. The summed E-state index contributed by atoms with van der Waals surface area (Å²) in [7, 11) is 0. The van der Waals surface area contributed by atoms with Crippen LogP contribution in [-0.4, -0.2) is 47.5 Å². The fourth-order valence-corrected chi connectivity index (χ4v) is 4.66. The van der Waals surface area contributed by atoms with Gasteiger partial charge in [0.15, 0.2) is 0 Å². The highest BCUT2D eigenvalue weighted by atomic mass is 32.2. The molecule has 0 N–H and O–H groups in total. The van der Waals surface area contributed by atoms with Crippen LogP contribution >= 0.6 is 35.2 Å². The third-order valence-electron chi connectivity index (χ3n) is 2.78. The van der Waals surface area contributed by atoms with Crippen molar-refractivity contribution in [1.82, 2.24) is 8.61 Å². The minimum atomic E-state index is 0.941. The Kier molecular flexibility index (Phi) is 4.68. The van der Waals surface area contributed by atoms with E-state index < -0.39 is 0 Å². The molecule has 19 heavy (non-hydrogen) atoms. The zero-order valence-corrected chi connectivity index (χ0v) is 13.0. The predicted octanol–water partition coefficient (Wildman–Crippen LogP) is 2.73. The SMILES string of the molecule is C1=NCCN1SCc1ccc(CSN2C=NCC2)s1. The van der Waals surface area contributed by atoms with E-state index in [0.717, 1.165) is 37.7 Å². The van der Waals surface area contributed by atoms with Crippen LogP contribution in [0.5, 0.6) is 0 Å². The van der Waals surface area contributed by atoms with Crippen LogP contribution < -0.4 is 0 Å². The number of hydrogen-bond acceptors (Lipinski definition) is 7. The van der Waals surface area contributed by atoms with E-state index in [0.29, 0.717) is 0 Å². The Morgan fingerprint density at radius 2 is 1.47 bits per heavy atom. The van der Waals surface area contributed by atoms with Gasteiger partial charge in [-0.25, -0.2) is 0 Å². The molecule has 0 fully saturated rings. The maximum atomic E-state index is 4.22. The van der Waals surface area contributed by atoms with Gasteiger partial charge in [-0.15, -0.1) is 11.3 Å². The maximum Gasteiger partial charge on any atom is 0.0950 e. The van der Waals surface area contributed by atoms with Crippen molar-refractivity contribution in [3.8, 4) is 0 Å². The average molecular weight is 312 g/mol. The van der Waals surface area contributed by atoms with Gasteiger partial charge in [0.2, 0.25) is 0 Å². The normalized spacial score (nSPS) is 17.9. The molecule has 0 atom stereocenters. The Labute approximate surface area is 126 Å². The van der Waals surface area contributed by atoms with Crippen molar-refractivity contribution in [2.24, 2.45) is 9.98 Å². The zero-order valence-electron chi connectivity index (χ0n) is 10.6. The van der Waals surface area contributed by atoms with E-state index in [2.05, 4.69) is 30.7 Å². The molecule has 2 aliphatic heterocycles. The summed E-state index contributed by atoms with van der Waals surface area (Å²) in [6, 6.07) is 4.50. The molecular weight excluding hydrogens is 296 g/mol. The van der Waals surface area contributed by atoms with Crippen LogP contribution in [-0.2, 0) is 11.5 Å². The topological polar surface area (TPSA) is 31.2 Å². The quantitative estimate of drug-likeness (QED) is 0.756. The van der Waals surface area contributed by atoms with Gasteiger partial charge < -0.3 is 8.61 Å². The van der Waals surface area contributed by atoms with Gasteiger partial charge in [-0.1, -0.05) is 0 Å². The van der Waals surface area contributed by atoms with Crippen molar-refractivity contribution in [3.63, 3.8) is 0 Å². The van der Waals surface area contributed by atoms with Crippen LogP contribution in [0, 0.1) is 0 Å². The van der Waals surface area contributed by atoms with Gasteiger partial charge in [0.1, 0.15) is 0 Å². The average Bonchev–Trinajstić information content (AvgIpc) is 3.16. The monoisotopic (exact) mass is 312 g/mol. The molecule has 102 valence electrons. The first kappa shape index (κ1) is 13.3. The van der Waals surface area contributed by atoms with E-state index in [1.165, 1.54) is 9.75 Å². The molecule has 0 amide bonds. The molecular formula is C12H16N4S3. The Morgan fingerprint density at radius 1 is 0.947 bits per heavy atom. The minimum absolute atomic E-state index is 0.941. The van der Waals surface area contributed by atoms with Crippen LogP contribution in [0.2, 0.25) is 0 Å². The molecule has 0 aromatic carbocycles. The van der Waals surface area contributed by atoms with E-state index in [-0.39, 0.29) is 0 Å². The summed E-state index contributed by atoms with van der Waals surface area (Å²) >= 11 is 5.62. The number of hydrogen-bond donors (Lipinski definition) is 0. The van der Waals surface area contributed by atoms with Crippen LogP contribution in [0.1, 0.15) is 9.75 Å². The van der Waals surface area contributed by atoms with Crippen molar-refractivity contribution >= 4 is 47.9 Å². The number of rotatable bonds is 6. The first-order valence-electron chi connectivity index (χ1n) is 6.27. The summed E-state index contributed by atoms with van der Waals surface area (Å²) < 4.78 is 4.43. The molecule has 3 heterocycles. The lowest BCUT2D eigenvalue weighted by Crippen LogP contribution is -2.10. The number of aliphatic imine (C=N–C) groups is 2. The molecule has 3 rings (SSSR count). The molecule has 2 aliphatic rings. The van der Waals surface area contributed by atoms with Crippen LogP contribution in [0.25, 0.3) is 0 Å². The molecule has 0 saturated carbocycles. The summed E-state index contributed by atoms with van der Waals surface area (Å²) in [6.07, 6.45) is 3.89. The van der Waals surface area contributed by atoms with Crippen molar-refractivity contribution in [3.05, 3.63) is 21.9 Å². The van der Waals surface area contributed by atoms with Gasteiger partial charge >= 0.3 is 0 Å². The molecule has 4 nitrogen and oxygen atoms in total. The summed E-state index contributed by atoms with van der Waals surface area (Å²) in [6.45, 7) is 3.98. The van der Waals surface area contributed by atoms with E-state index in [9.17, 15) is 0 Å². The summed E-state index contributed by atoms with van der Waals surface area (Å²) in [4.78, 5) is 11.3. The lowest BCUT2D eigenvalue weighted by Gasteiger charge is -2.11. The Bertz CT molecular complexity index is 431. The van der Waals surface area contributed by atoms with Crippen molar-refractivity contribution in [1.29, 1.82) is 0 Å². The second kappa shape index (κ2) is 6.67. The van der Waals surface area contributed by atoms with Crippen LogP contribution in [0.4, 0.5) is 0 Å². The first-order chi connectivity index (χ1) is 9.40. The van der Waals surface area contributed by atoms with E-state index in [1.54, 1.807) is 0 Å². The zero-order chi connectivity index (χ0) is 12.9. The Morgan fingerprint density at radius 3 is 1.89 bits per heavy atom. The summed E-state index contributed by atoms with van der Waals surface area (Å²) in [5, 5.41) is 0. The largest absolute Gasteiger partial charge is 0.305 e. The standard InChI is InChI=1S/C12H16N4S3/c1-2-12(8-18-16-6-4-14-10-16)19-11(1)7-17-15-5-3-13-9-15/h1-2,9-10H,3-8H2. The molecule has 0 aliphatic carbocycles. The maximum absolute atomic E-state index is 4.22. The van der Waals surface area contributed by atoms with Crippen LogP contribution in [0.15, 0.2) is 22.1 Å². The van der Waals surface area contributed by atoms with Gasteiger partial charge in [0, 0.05) is 21.3 Å². The Balaban J connectivity index is 1.43. The van der Waals surface area contributed by atoms with Gasteiger partial charge in [-0.2, -0.15) is 0 Å². The fourth-order valence-electron chi connectivity index (χ4n) is 1.79. The third kappa shape index (κ3) is 3.90. The predicted molar refractivity (Wildman–Crippen MR) is 87.0 cm³/mol. The molecule has 0 spiro atoms.